The van der Waals surface area contributed by atoms with Crippen molar-refractivity contribution in [2.75, 3.05) is 31.6 Å². The first-order valence-corrected chi connectivity index (χ1v) is 9.56. The first kappa shape index (κ1) is 25.9. The van der Waals surface area contributed by atoms with E-state index in [0.29, 0.717) is 31.0 Å². The molecule has 0 saturated carbocycles. The smallest absolute Gasteiger partial charge is 0.422 e. The van der Waals surface area contributed by atoms with E-state index in [1.807, 2.05) is 0 Å². The molecule has 1 fully saturated rings. The van der Waals surface area contributed by atoms with Gasteiger partial charge in [0.25, 0.3) is 0 Å². The Balaban J connectivity index is 0.00000363. The van der Waals surface area contributed by atoms with Gasteiger partial charge in [-0.2, -0.15) is 13.2 Å². The van der Waals surface area contributed by atoms with Crippen molar-refractivity contribution in [1.29, 1.82) is 0 Å². The maximum atomic E-state index is 14.0. The molecule has 0 bridgehead atoms. The predicted octanol–water partition coefficient (Wildman–Crippen LogP) is 3.86. The summed E-state index contributed by atoms with van der Waals surface area (Å²) in [7, 11) is 1.57. The molecule has 0 amide bonds. The van der Waals surface area contributed by atoms with Crippen LogP contribution in [0.3, 0.4) is 0 Å². The number of ether oxygens (including phenoxy) is 1. The number of rotatable bonds is 6. The Labute approximate surface area is 199 Å². The number of para-hydroxylation sites is 1. The third-order valence-electron chi connectivity index (χ3n) is 4.65. The SMILES string of the molecule is CN=C(NCc1ccnc(OCC(F)(F)F)c1)NC1CCN(c2c(F)cccc2F)C1.I. The normalized spacial score (nSPS) is 16.5. The quantitative estimate of drug-likeness (QED) is 0.239. The molecule has 176 valence electrons. The first-order chi connectivity index (χ1) is 14.7. The number of nitrogens with one attached hydrogen (secondary N) is 2. The van der Waals surface area contributed by atoms with Crippen LogP contribution in [0.25, 0.3) is 0 Å². The minimum Gasteiger partial charge on any atom is -0.468 e. The summed E-state index contributed by atoms with van der Waals surface area (Å²) < 4.78 is 69.5. The number of benzene rings is 1. The Bertz CT molecular complexity index is 907. The van der Waals surface area contributed by atoms with Crippen molar-refractivity contribution in [2.24, 2.45) is 4.99 Å². The van der Waals surface area contributed by atoms with E-state index >= 15 is 0 Å². The van der Waals surface area contributed by atoms with Gasteiger partial charge in [-0.1, -0.05) is 6.07 Å². The van der Waals surface area contributed by atoms with Crippen LogP contribution in [0.2, 0.25) is 0 Å². The van der Waals surface area contributed by atoms with Gasteiger partial charge in [-0.05, 0) is 30.2 Å². The molecule has 0 radical (unpaired) electrons. The van der Waals surface area contributed by atoms with E-state index in [1.54, 1.807) is 18.0 Å². The number of aliphatic imine (C=N–C) groups is 1. The molecule has 32 heavy (non-hydrogen) atoms. The van der Waals surface area contributed by atoms with E-state index in [-0.39, 0.29) is 48.1 Å². The fourth-order valence-electron chi connectivity index (χ4n) is 3.24. The van der Waals surface area contributed by atoms with Gasteiger partial charge in [0.2, 0.25) is 5.88 Å². The van der Waals surface area contributed by atoms with Crippen LogP contribution in [0.4, 0.5) is 27.6 Å². The molecule has 3 rings (SSSR count). The van der Waals surface area contributed by atoms with Crippen molar-refractivity contribution in [2.45, 2.75) is 25.2 Å². The second-order valence-corrected chi connectivity index (χ2v) is 6.98. The Hall–Kier alpha value is -2.38. The Morgan fingerprint density at radius 1 is 1.25 bits per heavy atom. The Morgan fingerprint density at radius 3 is 2.62 bits per heavy atom. The van der Waals surface area contributed by atoms with Gasteiger partial charge in [-0.15, -0.1) is 24.0 Å². The lowest BCUT2D eigenvalue weighted by Crippen LogP contribution is -2.44. The summed E-state index contributed by atoms with van der Waals surface area (Å²) in [5, 5.41) is 6.25. The van der Waals surface area contributed by atoms with Crippen LogP contribution in [0.15, 0.2) is 41.5 Å². The number of pyridine rings is 1. The lowest BCUT2D eigenvalue weighted by molar-refractivity contribution is -0.154. The van der Waals surface area contributed by atoms with E-state index < -0.39 is 24.4 Å². The predicted molar refractivity (Wildman–Crippen MR) is 122 cm³/mol. The van der Waals surface area contributed by atoms with Crippen LogP contribution in [0.5, 0.6) is 5.88 Å². The van der Waals surface area contributed by atoms with Crippen molar-refractivity contribution in [1.82, 2.24) is 15.6 Å². The van der Waals surface area contributed by atoms with Crippen LogP contribution in [-0.2, 0) is 6.54 Å². The summed E-state index contributed by atoms with van der Waals surface area (Å²) in [5.41, 5.74) is 0.606. The maximum absolute atomic E-state index is 14.0. The minimum absolute atomic E-state index is 0. The summed E-state index contributed by atoms with van der Waals surface area (Å²) in [5.74, 6) is -0.887. The number of halogens is 6. The monoisotopic (exact) mass is 571 g/mol. The number of aromatic nitrogens is 1. The van der Waals surface area contributed by atoms with Crippen molar-refractivity contribution in [3.05, 3.63) is 53.7 Å². The average Bonchev–Trinajstić information content (AvgIpc) is 3.17. The number of hydrogen-bond acceptors (Lipinski definition) is 4. The number of hydrogen-bond donors (Lipinski definition) is 2. The van der Waals surface area contributed by atoms with Gasteiger partial charge in [0.1, 0.15) is 17.3 Å². The molecule has 12 heteroatoms. The second kappa shape index (κ2) is 11.5. The lowest BCUT2D eigenvalue weighted by atomic mass is 10.2. The zero-order valence-corrected chi connectivity index (χ0v) is 19.5. The summed E-state index contributed by atoms with van der Waals surface area (Å²) in [6, 6.07) is 6.73. The fourth-order valence-corrected chi connectivity index (χ4v) is 3.24. The minimum atomic E-state index is -4.44. The topological polar surface area (TPSA) is 61.8 Å². The molecule has 1 saturated heterocycles. The van der Waals surface area contributed by atoms with Crippen molar-refractivity contribution in [3.63, 3.8) is 0 Å². The van der Waals surface area contributed by atoms with Gasteiger partial charge in [-0.3, -0.25) is 4.99 Å². The highest BCUT2D eigenvalue weighted by atomic mass is 127. The molecule has 1 aliphatic heterocycles. The molecule has 0 aliphatic carbocycles. The van der Waals surface area contributed by atoms with Crippen LogP contribution in [0, 0.1) is 11.6 Å². The summed E-state index contributed by atoms with van der Waals surface area (Å²) in [6.07, 6.45) is -2.43. The van der Waals surface area contributed by atoms with Gasteiger partial charge in [0.05, 0.1) is 0 Å². The second-order valence-electron chi connectivity index (χ2n) is 6.98. The third-order valence-corrected chi connectivity index (χ3v) is 4.65. The maximum Gasteiger partial charge on any atom is 0.422 e. The summed E-state index contributed by atoms with van der Waals surface area (Å²) in [6.45, 7) is -0.274. The molecule has 0 spiro atoms. The summed E-state index contributed by atoms with van der Waals surface area (Å²) >= 11 is 0. The summed E-state index contributed by atoms with van der Waals surface area (Å²) in [4.78, 5) is 9.53. The van der Waals surface area contributed by atoms with Gasteiger partial charge < -0.3 is 20.3 Å². The number of nitrogens with zero attached hydrogens (tertiary/aromatic N) is 3. The third kappa shape index (κ3) is 7.35. The molecular weight excluding hydrogens is 548 g/mol. The largest absolute Gasteiger partial charge is 0.468 e. The van der Waals surface area contributed by atoms with Crippen LogP contribution in [-0.4, -0.2) is 49.9 Å². The highest BCUT2D eigenvalue weighted by Crippen LogP contribution is 2.26. The highest BCUT2D eigenvalue weighted by molar-refractivity contribution is 14.0. The standard InChI is InChI=1S/C20H22F5N5O.HI/c1-26-19(28-10-13-5-7-27-17(9-13)31-12-20(23,24)25)29-14-6-8-30(11-14)18-15(21)3-2-4-16(18)22;/h2-5,7,9,14H,6,8,10-12H2,1H3,(H2,26,28,29);1H. The van der Waals surface area contributed by atoms with Gasteiger partial charge >= 0.3 is 6.18 Å². The van der Waals surface area contributed by atoms with E-state index in [1.165, 1.54) is 30.5 Å². The first-order valence-electron chi connectivity index (χ1n) is 9.56. The molecule has 1 aliphatic rings. The van der Waals surface area contributed by atoms with E-state index in [9.17, 15) is 22.0 Å². The number of guanidine groups is 1. The molecule has 6 nitrogen and oxygen atoms in total. The number of alkyl halides is 3. The Morgan fingerprint density at radius 2 is 1.97 bits per heavy atom. The molecule has 1 atom stereocenters. The lowest BCUT2D eigenvalue weighted by Gasteiger charge is -2.21. The van der Waals surface area contributed by atoms with Crippen LogP contribution >= 0.6 is 24.0 Å². The van der Waals surface area contributed by atoms with Crippen molar-refractivity contribution >= 4 is 35.6 Å². The number of anilines is 1. The van der Waals surface area contributed by atoms with Crippen LogP contribution in [0.1, 0.15) is 12.0 Å². The fraction of sp³-hybridized carbons (Fsp3) is 0.400. The molecule has 1 aromatic heterocycles. The zero-order chi connectivity index (χ0) is 22.4. The molecule has 2 aromatic rings. The van der Waals surface area contributed by atoms with Crippen LogP contribution < -0.4 is 20.3 Å². The van der Waals surface area contributed by atoms with E-state index in [4.69, 9.17) is 0 Å². The van der Waals surface area contributed by atoms with E-state index in [2.05, 4.69) is 25.3 Å². The van der Waals surface area contributed by atoms with Gasteiger partial charge in [-0.25, -0.2) is 13.8 Å². The van der Waals surface area contributed by atoms with Crippen molar-refractivity contribution in [3.8, 4) is 5.88 Å². The Kier molecular flexibility index (Phi) is 9.28. The molecule has 2 heterocycles. The van der Waals surface area contributed by atoms with E-state index in [0.717, 1.165) is 0 Å². The molecular formula is C20H23F5IN5O. The zero-order valence-electron chi connectivity index (χ0n) is 17.1. The van der Waals surface area contributed by atoms with Gasteiger partial charge in [0.15, 0.2) is 12.6 Å². The average molecular weight is 571 g/mol. The molecule has 2 N–H and O–H groups in total. The highest BCUT2D eigenvalue weighted by Gasteiger charge is 2.29. The molecule has 1 aromatic carbocycles. The van der Waals surface area contributed by atoms with Crippen molar-refractivity contribution < 1.29 is 26.7 Å². The van der Waals surface area contributed by atoms with Gasteiger partial charge in [0, 0.05) is 45.0 Å². The molecule has 1 unspecified atom stereocenters.